The summed E-state index contributed by atoms with van der Waals surface area (Å²) in [6.07, 6.45) is 3.62. The molecule has 0 saturated heterocycles. The fourth-order valence-electron chi connectivity index (χ4n) is 3.13. The van der Waals surface area contributed by atoms with Gasteiger partial charge < -0.3 is 5.48 Å². The van der Waals surface area contributed by atoms with Crippen LogP contribution in [-0.2, 0) is 17.3 Å². The standard InChI is InChI=1S/C19H16ClN3O2S.H2O/c1-26(25)11-10-22-12-13-4-2-3-5-16(13)17-18(22)19(24)23(21-17)15-8-6-14(20)7-9-15;/h2-9,12H,10-11H2,1H3;1H2. The third kappa shape index (κ3) is 3.53. The van der Waals surface area contributed by atoms with Crippen LogP contribution in [0.1, 0.15) is 0 Å². The van der Waals surface area contributed by atoms with E-state index in [1.54, 1.807) is 30.5 Å². The average molecular weight is 404 g/mol. The molecule has 2 aromatic carbocycles. The number of pyridine rings is 1. The van der Waals surface area contributed by atoms with Crippen molar-refractivity contribution in [1.29, 1.82) is 0 Å². The first kappa shape index (κ1) is 19.3. The highest BCUT2D eigenvalue weighted by Crippen LogP contribution is 2.20. The topological polar surface area (TPSA) is 88.7 Å². The largest absolute Gasteiger partial charge is 0.870 e. The Hall–Kier alpha value is -2.48. The van der Waals surface area contributed by atoms with Crippen molar-refractivity contribution in [2.45, 2.75) is 6.54 Å². The third-order valence-electron chi connectivity index (χ3n) is 4.38. The lowest BCUT2D eigenvalue weighted by atomic mass is 10.1. The van der Waals surface area contributed by atoms with E-state index in [0.717, 1.165) is 16.3 Å². The maximum absolute atomic E-state index is 13.1. The first-order valence-electron chi connectivity index (χ1n) is 8.16. The van der Waals surface area contributed by atoms with Crippen LogP contribution in [0, 0.1) is 0 Å². The SMILES string of the molecule is CS(=O)CC[n+]1cc2ccccc2c2[nH]n(-c3ccc(Cl)cc3)c(=O)c21.[OH-]. The van der Waals surface area contributed by atoms with Gasteiger partial charge in [-0.25, -0.2) is 4.68 Å². The van der Waals surface area contributed by atoms with Crippen molar-refractivity contribution < 1.29 is 14.3 Å². The Morgan fingerprint density at radius 1 is 1.15 bits per heavy atom. The molecule has 27 heavy (non-hydrogen) atoms. The van der Waals surface area contributed by atoms with E-state index in [1.165, 1.54) is 4.68 Å². The number of fused-ring (bicyclic) bond motifs is 3. The van der Waals surface area contributed by atoms with Gasteiger partial charge in [0, 0.05) is 32.9 Å². The van der Waals surface area contributed by atoms with Gasteiger partial charge in [0.05, 0.1) is 11.4 Å². The Bertz CT molecular complexity index is 1200. The first-order valence-corrected chi connectivity index (χ1v) is 10.3. The molecule has 6 nitrogen and oxygen atoms in total. The number of aryl methyl sites for hydroxylation is 1. The van der Waals surface area contributed by atoms with E-state index < -0.39 is 10.8 Å². The summed E-state index contributed by atoms with van der Waals surface area (Å²) in [5.41, 5.74) is 1.91. The van der Waals surface area contributed by atoms with Crippen LogP contribution in [0.3, 0.4) is 0 Å². The zero-order valence-corrected chi connectivity index (χ0v) is 16.1. The average Bonchev–Trinajstić information content (AvgIpc) is 2.98. The van der Waals surface area contributed by atoms with Gasteiger partial charge >= 0.3 is 5.56 Å². The van der Waals surface area contributed by atoms with Crippen LogP contribution in [0.15, 0.2) is 59.5 Å². The molecule has 4 rings (SSSR count). The molecule has 0 bridgehead atoms. The lowest BCUT2D eigenvalue weighted by Crippen LogP contribution is -2.40. The van der Waals surface area contributed by atoms with Crippen molar-refractivity contribution >= 4 is 44.2 Å². The molecule has 0 aliphatic heterocycles. The summed E-state index contributed by atoms with van der Waals surface area (Å²) in [6, 6.07) is 15.0. The van der Waals surface area contributed by atoms with Gasteiger partial charge in [0.15, 0.2) is 12.7 Å². The zero-order valence-electron chi connectivity index (χ0n) is 14.6. The molecule has 140 valence electrons. The Labute approximate surface area is 162 Å². The summed E-state index contributed by atoms with van der Waals surface area (Å²) in [4.78, 5) is 13.1. The molecule has 2 N–H and O–H groups in total. The van der Waals surface area contributed by atoms with Crippen molar-refractivity contribution in [3.8, 4) is 5.69 Å². The minimum absolute atomic E-state index is 0. The smallest absolute Gasteiger partial charge is 0.344 e. The Balaban J connectivity index is 0.00000210. The van der Waals surface area contributed by atoms with Crippen LogP contribution in [0.4, 0.5) is 0 Å². The number of aromatic amines is 1. The summed E-state index contributed by atoms with van der Waals surface area (Å²) >= 11 is 5.96. The molecule has 0 amide bonds. The van der Waals surface area contributed by atoms with E-state index in [2.05, 4.69) is 5.10 Å². The molecule has 0 aliphatic rings. The number of nitrogens with one attached hydrogen (secondary N) is 1. The molecule has 2 aromatic heterocycles. The van der Waals surface area contributed by atoms with Gasteiger partial charge in [0.1, 0.15) is 5.52 Å². The molecule has 8 heteroatoms. The van der Waals surface area contributed by atoms with Crippen molar-refractivity contribution in [2.75, 3.05) is 12.0 Å². The molecule has 1 unspecified atom stereocenters. The normalized spacial score (nSPS) is 12.2. The number of benzene rings is 2. The third-order valence-corrected chi connectivity index (χ3v) is 5.39. The van der Waals surface area contributed by atoms with Crippen molar-refractivity contribution in [3.05, 3.63) is 70.1 Å². The minimum Gasteiger partial charge on any atom is -0.870 e. The number of hydrogen-bond donors (Lipinski definition) is 1. The fourth-order valence-corrected chi connectivity index (χ4v) is 3.71. The molecular weight excluding hydrogens is 386 g/mol. The number of H-pyrrole nitrogens is 1. The number of hydrogen-bond acceptors (Lipinski definition) is 3. The Morgan fingerprint density at radius 3 is 2.56 bits per heavy atom. The van der Waals surface area contributed by atoms with Crippen molar-refractivity contribution in [3.63, 3.8) is 0 Å². The minimum atomic E-state index is -0.936. The van der Waals surface area contributed by atoms with Crippen LogP contribution < -0.4 is 10.1 Å². The van der Waals surface area contributed by atoms with Gasteiger partial charge in [-0.15, -0.1) is 0 Å². The van der Waals surface area contributed by atoms with Gasteiger partial charge in [-0.3, -0.25) is 14.1 Å². The lowest BCUT2D eigenvalue weighted by Gasteiger charge is -2.01. The second-order valence-corrected chi connectivity index (χ2v) is 8.13. The first-order chi connectivity index (χ1) is 12.5. The number of aromatic nitrogens is 3. The predicted molar refractivity (Wildman–Crippen MR) is 107 cm³/mol. The van der Waals surface area contributed by atoms with Gasteiger partial charge in [-0.2, -0.15) is 4.57 Å². The van der Waals surface area contributed by atoms with E-state index in [0.29, 0.717) is 28.5 Å². The van der Waals surface area contributed by atoms with E-state index in [1.807, 2.05) is 35.0 Å². The molecule has 4 aromatic rings. The highest BCUT2D eigenvalue weighted by molar-refractivity contribution is 7.84. The van der Waals surface area contributed by atoms with E-state index in [-0.39, 0.29) is 11.0 Å². The van der Waals surface area contributed by atoms with Crippen molar-refractivity contribution in [2.24, 2.45) is 0 Å². The monoisotopic (exact) mass is 403 g/mol. The van der Waals surface area contributed by atoms with Gasteiger partial charge in [-0.05, 0) is 30.3 Å². The second-order valence-electron chi connectivity index (χ2n) is 6.14. The van der Waals surface area contributed by atoms with Crippen LogP contribution in [0.25, 0.3) is 27.5 Å². The highest BCUT2D eigenvalue weighted by Gasteiger charge is 2.22. The molecule has 2 heterocycles. The van der Waals surface area contributed by atoms with E-state index in [9.17, 15) is 9.00 Å². The number of halogens is 1. The van der Waals surface area contributed by atoms with Crippen LogP contribution >= 0.6 is 11.6 Å². The summed E-state index contributed by atoms with van der Waals surface area (Å²) in [5, 5.41) is 5.84. The van der Waals surface area contributed by atoms with Crippen LogP contribution in [0.5, 0.6) is 0 Å². The Morgan fingerprint density at radius 2 is 1.85 bits per heavy atom. The summed E-state index contributed by atoms with van der Waals surface area (Å²) in [5.74, 6) is 0.490. The molecule has 0 saturated carbocycles. The van der Waals surface area contributed by atoms with Gasteiger partial charge in [0.25, 0.3) is 5.52 Å². The molecule has 0 radical (unpaired) electrons. The van der Waals surface area contributed by atoms with Crippen LogP contribution in [-0.4, -0.2) is 31.5 Å². The predicted octanol–water partition coefficient (Wildman–Crippen LogP) is 2.61. The van der Waals surface area contributed by atoms with Crippen molar-refractivity contribution in [1.82, 2.24) is 9.78 Å². The van der Waals surface area contributed by atoms with Gasteiger partial charge in [-0.1, -0.05) is 29.8 Å². The van der Waals surface area contributed by atoms with E-state index in [4.69, 9.17) is 11.6 Å². The summed E-state index contributed by atoms with van der Waals surface area (Å²) in [7, 11) is -0.936. The van der Waals surface area contributed by atoms with E-state index >= 15 is 0 Å². The number of rotatable bonds is 4. The molecule has 1 atom stereocenters. The maximum Gasteiger partial charge on any atom is 0.344 e. The summed E-state index contributed by atoms with van der Waals surface area (Å²) < 4.78 is 15.0. The quantitative estimate of drug-likeness (QED) is 0.531. The summed E-state index contributed by atoms with van der Waals surface area (Å²) in [6.45, 7) is 0.512. The molecule has 0 spiro atoms. The Kier molecular flexibility index (Phi) is 5.46. The number of nitrogens with zero attached hydrogens (tertiary/aromatic N) is 2. The van der Waals surface area contributed by atoms with Crippen LogP contribution in [0.2, 0.25) is 5.02 Å². The molecule has 0 fully saturated rings. The maximum atomic E-state index is 13.1. The highest BCUT2D eigenvalue weighted by atomic mass is 35.5. The molecular formula is C19H18ClN3O3S. The second kappa shape index (κ2) is 7.64. The zero-order chi connectivity index (χ0) is 18.3. The molecule has 0 aliphatic carbocycles. The van der Waals surface area contributed by atoms with Gasteiger partial charge in [0.2, 0.25) is 0 Å². The lowest BCUT2D eigenvalue weighted by molar-refractivity contribution is -0.665. The fraction of sp³-hybridized carbons (Fsp3) is 0.158.